The van der Waals surface area contributed by atoms with Gasteiger partial charge < -0.3 is 10.1 Å². The van der Waals surface area contributed by atoms with Crippen LogP contribution in [0.1, 0.15) is 25.7 Å². The molecule has 58 valence electrons. The predicted molar refractivity (Wildman–Crippen MR) is 40.0 cm³/mol. The van der Waals surface area contributed by atoms with E-state index in [1.807, 2.05) is 0 Å². The highest BCUT2D eigenvalue weighted by atomic mass is 16.5. The maximum Gasteiger partial charge on any atom is 0.0818 e. The van der Waals surface area contributed by atoms with E-state index in [0.29, 0.717) is 0 Å². The zero-order valence-electron chi connectivity index (χ0n) is 6.36. The van der Waals surface area contributed by atoms with Crippen molar-refractivity contribution < 1.29 is 4.74 Å². The van der Waals surface area contributed by atoms with Gasteiger partial charge in [0.15, 0.2) is 0 Å². The van der Waals surface area contributed by atoms with Gasteiger partial charge in [0.1, 0.15) is 0 Å². The first-order chi connectivity index (χ1) is 4.91. The van der Waals surface area contributed by atoms with Gasteiger partial charge in [0.25, 0.3) is 0 Å². The van der Waals surface area contributed by atoms with Crippen molar-refractivity contribution in [2.24, 2.45) is 0 Å². The van der Waals surface area contributed by atoms with Crippen molar-refractivity contribution in [3.8, 4) is 0 Å². The summed E-state index contributed by atoms with van der Waals surface area (Å²) in [4.78, 5) is 0. The number of hydrogen-bond donors (Lipinski definition) is 1. The molecule has 1 atom stereocenters. The molecule has 2 heterocycles. The highest BCUT2D eigenvalue weighted by Gasteiger charge is 2.35. The molecule has 2 heteroatoms. The lowest BCUT2D eigenvalue weighted by Gasteiger charge is -2.32. The van der Waals surface area contributed by atoms with Crippen LogP contribution in [0.4, 0.5) is 0 Å². The molecule has 0 aromatic carbocycles. The molecular formula is C8H15NO. The van der Waals surface area contributed by atoms with Crippen LogP contribution in [-0.2, 0) is 4.74 Å². The van der Waals surface area contributed by atoms with Crippen molar-refractivity contribution in [3.05, 3.63) is 0 Å². The Morgan fingerprint density at radius 3 is 2.80 bits per heavy atom. The third-order valence-electron chi connectivity index (χ3n) is 2.64. The highest BCUT2D eigenvalue weighted by Crippen LogP contribution is 2.29. The van der Waals surface area contributed by atoms with E-state index in [0.717, 1.165) is 19.7 Å². The van der Waals surface area contributed by atoms with Crippen molar-refractivity contribution in [3.63, 3.8) is 0 Å². The lowest BCUT2D eigenvalue weighted by molar-refractivity contribution is -0.0633. The molecule has 2 nitrogen and oxygen atoms in total. The summed E-state index contributed by atoms with van der Waals surface area (Å²) < 4.78 is 5.76. The monoisotopic (exact) mass is 141 g/mol. The summed E-state index contributed by atoms with van der Waals surface area (Å²) >= 11 is 0. The smallest absolute Gasteiger partial charge is 0.0818 e. The van der Waals surface area contributed by atoms with E-state index >= 15 is 0 Å². The van der Waals surface area contributed by atoms with E-state index in [-0.39, 0.29) is 5.60 Å². The zero-order valence-corrected chi connectivity index (χ0v) is 6.36. The molecule has 2 fully saturated rings. The Labute approximate surface area is 61.9 Å². The summed E-state index contributed by atoms with van der Waals surface area (Å²) in [6.07, 6.45) is 5.14. The minimum Gasteiger partial charge on any atom is -0.374 e. The fraction of sp³-hybridized carbons (Fsp3) is 1.00. The average Bonchev–Trinajstić information content (AvgIpc) is 2.39. The van der Waals surface area contributed by atoms with Crippen LogP contribution in [0.3, 0.4) is 0 Å². The second-order valence-corrected chi connectivity index (χ2v) is 3.42. The molecule has 2 aliphatic heterocycles. The van der Waals surface area contributed by atoms with Gasteiger partial charge in [-0.3, -0.25) is 0 Å². The van der Waals surface area contributed by atoms with Crippen LogP contribution in [0, 0.1) is 0 Å². The van der Waals surface area contributed by atoms with Crippen LogP contribution in [0.15, 0.2) is 0 Å². The Bertz CT molecular complexity index is 110. The first-order valence-electron chi connectivity index (χ1n) is 4.26. The van der Waals surface area contributed by atoms with Crippen molar-refractivity contribution >= 4 is 0 Å². The molecule has 0 bridgehead atoms. The molecular weight excluding hydrogens is 126 g/mol. The van der Waals surface area contributed by atoms with Gasteiger partial charge in [-0.1, -0.05) is 0 Å². The standard InChI is InChI=1S/C8H15NO/c1-2-6-10-8(3-1)4-5-9-7-8/h9H,1-7H2. The van der Waals surface area contributed by atoms with E-state index in [1.54, 1.807) is 0 Å². The Balaban J connectivity index is 1.98. The van der Waals surface area contributed by atoms with Gasteiger partial charge in [-0.25, -0.2) is 0 Å². The summed E-state index contributed by atoms with van der Waals surface area (Å²) in [5.74, 6) is 0. The molecule has 1 spiro atoms. The van der Waals surface area contributed by atoms with Crippen LogP contribution >= 0.6 is 0 Å². The van der Waals surface area contributed by atoms with Crippen LogP contribution in [-0.4, -0.2) is 25.3 Å². The van der Waals surface area contributed by atoms with Gasteiger partial charge in [-0.15, -0.1) is 0 Å². The molecule has 0 radical (unpaired) electrons. The largest absolute Gasteiger partial charge is 0.374 e. The van der Waals surface area contributed by atoms with E-state index in [2.05, 4.69) is 5.32 Å². The maximum atomic E-state index is 5.76. The van der Waals surface area contributed by atoms with Gasteiger partial charge >= 0.3 is 0 Å². The van der Waals surface area contributed by atoms with Crippen molar-refractivity contribution in [2.45, 2.75) is 31.3 Å². The van der Waals surface area contributed by atoms with Crippen LogP contribution < -0.4 is 5.32 Å². The molecule has 10 heavy (non-hydrogen) atoms. The first-order valence-corrected chi connectivity index (χ1v) is 4.26. The Hall–Kier alpha value is -0.0800. The third kappa shape index (κ3) is 1.06. The number of rotatable bonds is 0. The summed E-state index contributed by atoms with van der Waals surface area (Å²) in [7, 11) is 0. The first kappa shape index (κ1) is 6.62. The molecule has 1 unspecified atom stereocenters. The summed E-state index contributed by atoms with van der Waals surface area (Å²) in [5, 5.41) is 3.36. The molecule has 0 aromatic rings. The second-order valence-electron chi connectivity index (χ2n) is 3.42. The van der Waals surface area contributed by atoms with Crippen LogP contribution in [0.5, 0.6) is 0 Å². The minimum atomic E-state index is 0.262. The number of ether oxygens (including phenoxy) is 1. The topological polar surface area (TPSA) is 21.3 Å². The van der Waals surface area contributed by atoms with Crippen LogP contribution in [0.2, 0.25) is 0 Å². The quantitative estimate of drug-likeness (QED) is 0.541. The van der Waals surface area contributed by atoms with Gasteiger partial charge in [0.05, 0.1) is 5.60 Å². The van der Waals surface area contributed by atoms with Gasteiger partial charge in [0.2, 0.25) is 0 Å². The molecule has 2 rings (SSSR count). The van der Waals surface area contributed by atoms with Crippen LogP contribution in [0.25, 0.3) is 0 Å². The van der Waals surface area contributed by atoms with Crippen molar-refractivity contribution in [1.29, 1.82) is 0 Å². The summed E-state index contributed by atoms with van der Waals surface area (Å²) in [5.41, 5.74) is 0.262. The molecule has 2 aliphatic rings. The Kier molecular flexibility index (Phi) is 1.66. The van der Waals surface area contributed by atoms with Gasteiger partial charge in [-0.2, -0.15) is 0 Å². The van der Waals surface area contributed by atoms with Crippen molar-refractivity contribution in [1.82, 2.24) is 5.32 Å². The van der Waals surface area contributed by atoms with E-state index in [1.165, 1.54) is 25.7 Å². The SMILES string of the molecule is C1CCC2(CCNC2)OC1. The lowest BCUT2D eigenvalue weighted by Crippen LogP contribution is -2.38. The van der Waals surface area contributed by atoms with E-state index < -0.39 is 0 Å². The third-order valence-corrected chi connectivity index (χ3v) is 2.64. The fourth-order valence-corrected chi connectivity index (χ4v) is 1.97. The van der Waals surface area contributed by atoms with Crippen molar-refractivity contribution in [2.75, 3.05) is 19.7 Å². The Morgan fingerprint density at radius 1 is 1.20 bits per heavy atom. The van der Waals surface area contributed by atoms with E-state index in [4.69, 9.17) is 4.74 Å². The highest BCUT2D eigenvalue weighted by molar-refractivity contribution is 4.91. The average molecular weight is 141 g/mol. The van der Waals surface area contributed by atoms with E-state index in [9.17, 15) is 0 Å². The molecule has 0 amide bonds. The number of hydrogen-bond acceptors (Lipinski definition) is 2. The molecule has 1 N–H and O–H groups in total. The van der Waals surface area contributed by atoms with Gasteiger partial charge in [0, 0.05) is 13.2 Å². The fourth-order valence-electron chi connectivity index (χ4n) is 1.97. The Morgan fingerprint density at radius 2 is 2.20 bits per heavy atom. The number of nitrogens with one attached hydrogen (secondary N) is 1. The van der Waals surface area contributed by atoms with Gasteiger partial charge in [-0.05, 0) is 32.2 Å². The molecule has 0 saturated carbocycles. The lowest BCUT2D eigenvalue weighted by atomic mass is 9.93. The zero-order chi connectivity index (χ0) is 6.86. The molecule has 0 aliphatic carbocycles. The minimum absolute atomic E-state index is 0.262. The molecule has 0 aromatic heterocycles. The predicted octanol–water partition coefficient (Wildman–Crippen LogP) is 0.919. The normalized spacial score (nSPS) is 40.8. The summed E-state index contributed by atoms with van der Waals surface area (Å²) in [6, 6.07) is 0. The maximum absolute atomic E-state index is 5.76. The summed E-state index contributed by atoms with van der Waals surface area (Å²) in [6.45, 7) is 3.23. The molecule has 2 saturated heterocycles. The second kappa shape index (κ2) is 2.51.